The van der Waals surface area contributed by atoms with E-state index in [1.807, 2.05) is 17.0 Å². The number of ether oxygens (including phenoxy) is 1. The Morgan fingerprint density at radius 1 is 1.13 bits per heavy atom. The Labute approximate surface area is 201 Å². The zero-order valence-electron chi connectivity index (χ0n) is 18.4. The molecule has 7 nitrogen and oxygen atoms in total. The number of hydrogen-bond donors (Lipinski definition) is 1. The Morgan fingerprint density at radius 2 is 1.90 bits per heavy atom. The molecule has 1 N–H and O–H groups in total. The molecule has 1 fully saturated rings. The summed E-state index contributed by atoms with van der Waals surface area (Å²) in [6, 6.07) is 11.7. The van der Waals surface area contributed by atoms with E-state index in [-0.39, 0.29) is 29.9 Å². The zero-order chi connectivity index (χ0) is 21.2. The molecule has 1 aliphatic rings. The lowest BCUT2D eigenvalue weighted by molar-refractivity contribution is 0.0657. The monoisotopic (exact) mass is 540 g/mol. The van der Waals surface area contributed by atoms with Crippen molar-refractivity contribution in [2.24, 2.45) is 4.99 Å². The van der Waals surface area contributed by atoms with Crippen LogP contribution < -0.4 is 10.1 Å². The van der Waals surface area contributed by atoms with Crippen LogP contribution in [0.25, 0.3) is 0 Å². The van der Waals surface area contributed by atoms with Crippen LogP contribution in [0, 0.1) is 0 Å². The van der Waals surface area contributed by atoms with Gasteiger partial charge in [0.15, 0.2) is 11.7 Å². The number of furan rings is 1. The molecule has 1 aliphatic heterocycles. The fourth-order valence-corrected chi connectivity index (χ4v) is 3.40. The van der Waals surface area contributed by atoms with Crippen molar-refractivity contribution in [1.29, 1.82) is 0 Å². The number of hydrogen-bond acceptors (Lipinski definition) is 4. The first-order valence-corrected chi connectivity index (χ1v) is 10.8. The molecular formula is C23H33IN4O3. The number of benzene rings is 1. The minimum atomic E-state index is -0.0493. The number of piperazine rings is 1. The molecule has 170 valence electrons. The molecular weight excluding hydrogens is 507 g/mol. The van der Waals surface area contributed by atoms with E-state index in [2.05, 4.69) is 36.2 Å². The van der Waals surface area contributed by atoms with Crippen molar-refractivity contribution in [1.82, 2.24) is 15.1 Å². The first-order chi connectivity index (χ1) is 14.7. The Kier molecular flexibility index (Phi) is 10.7. The lowest BCUT2D eigenvalue weighted by Crippen LogP contribution is -2.53. The van der Waals surface area contributed by atoms with Crippen molar-refractivity contribution in [3.63, 3.8) is 0 Å². The van der Waals surface area contributed by atoms with Crippen LogP contribution in [0.3, 0.4) is 0 Å². The van der Waals surface area contributed by atoms with Crippen LogP contribution >= 0.6 is 24.0 Å². The van der Waals surface area contributed by atoms with Crippen LogP contribution in [0.4, 0.5) is 0 Å². The van der Waals surface area contributed by atoms with E-state index in [0.29, 0.717) is 25.4 Å². The average Bonchev–Trinajstić information content (AvgIpc) is 3.32. The number of amides is 1. The summed E-state index contributed by atoms with van der Waals surface area (Å²) < 4.78 is 11.0. The van der Waals surface area contributed by atoms with Gasteiger partial charge in [-0.1, -0.05) is 19.1 Å². The molecule has 1 saturated heterocycles. The van der Waals surface area contributed by atoms with Crippen molar-refractivity contribution in [2.75, 3.05) is 45.9 Å². The van der Waals surface area contributed by atoms with Gasteiger partial charge in [-0.3, -0.25) is 9.79 Å². The summed E-state index contributed by atoms with van der Waals surface area (Å²) in [6.45, 7) is 9.23. The maximum Gasteiger partial charge on any atom is 0.289 e. The minimum absolute atomic E-state index is 0. The third-order valence-electron chi connectivity index (χ3n) is 4.97. The van der Waals surface area contributed by atoms with Gasteiger partial charge >= 0.3 is 0 Å². The summed E-state index contributed by atoms with van der Waals surface area (Å²) in [5.74, 6) is 2.17. The van der Waals surface area contributed by atoms with E-state index in [0.717, 1.165) is 50.8 Å². The molecule has 0 aliphatic carbocycles. The standard InChI is InChI=1S/C23H32N4O3.HI/c1-3-16-29-20-8-5-7-19(18-20)10-11-25-23(24-4-2)27-14-12-26(13-15-27)22(28)21-9-6-17-30-21;/h5-9,17-18H,3-4,10-16H2,1-2H3,(H,24,25);1H. The second kappa shape index (κ2) is 13.2. The van der Waals surface area contributed by atoms with Crippen LogP contribution in [0.5, 0.6) is 5.75 Å². The van der Waals surface area contributed by atoms with Crippen molar-refractivity contribution in [3.8, 4) is 5.75 Å². The highest BCUT2D eigenvalue weighted by atomic mass is 127. The van der Waals surface area contributed by atoms with E-state index in [1.54, 1.807) is 12.1 Å². The summed E-state index contributed by atoms with van der Waals surface area (Å²) in [7, 11) is 0. The van der Waals surface area contributed by atoms with Crippen LogP contribution in [-0.2, 0) is 6.42 Å². The molecule has 0 spiro atoms. The Hall–Kier alpha value is -2.23. The topological polar surface area (TPSA) is 70.3 Å². The summed E-state index contributed by atoms with van der Waals surface area (Å²) in [5, 5.41) is 3.38. The molecule has 1 amide bonds. The molecule has 0 atom stereocenters. The summed E-state index contributed by atoms with van der Waals surface area (Å²) >= 11 is 0. The van der Waals surface area contributed by atoms with E-state index in [9.17, 15) is 4.79 Å². The third-order valence-corrected chi connectivity index (χ3v) is 4.97. The first-order valence-electron chi connectivity index (χ1n) is 10.8. The van der Waals surface area contributed by atoms with Gasteiger partial charge in [-0.05, 0) is 49.6 Å². The van der Waals surface area contributed by atoms with Gasteiger partial charge in [0.1, 0.15) is 5.75 Å². The second-order valence-electron chi connectivity index (χ2n) is 7.24. The second-order valence-corrected chi connectivity index (χ2v) is 7.24. The molecule has 0 unspecified atom stereocenters. The number of carbonyl (C=O) groups is 1. The van der Waals surface area contributed by atoms with Gasteiger partial charge < -0.3 is 24.3 Å². The van der Waals surface area contributed by atoms with Crippen LogP contribution in [0.1, 0.15) is 36.4 Å². The van der Waals surface area contributed by atoms with Crippen molar-refractivity contribution in [2.45, 2.75) is 26.7 Å². The van der Waals surface area contributed by atoms with Gasteiger partial charge in [-0.25, -0.2) is 0 Å². The number of carbonyl (C=O) groups excluding carboxylic acids is 1. The van der Waals surface area contributed by atoms with Gasteiger partial charge in [0.05, 0.1) is 12.9 Å². The van der Waals surface area contributed by atoms with Crippen LogP contribution in [0.15, 0.2) is 52.1 Å². The van der Waals surface area contributed by atoms with Gasteiger partial charge in [0, 0.05) is 39.3 Å². The Morgan fingerprint density at radius 3 is 2.58 bits per heavy atom. The maximum atomic E-state index is 12.4. The molecule has 8 heteroatoms. The molecule has 3 rings (SSSR count). The lowest BCUT2D eigenvalue weighted by Gasteiger charge is -2.36. The number of nitrogens with zero attached hydrogens (tertiary/aromatic N) is 3. The van der Waals surface area contributed by atoms with E-state index in [4.69, 9.17) is 14.1 Å². The zero-order valence-corrected chi connectivity index (χ0v) is 20.7. The normalized spacial score (nSPS) is 14.2. The molecule has 0 bridgehead atoms. The highest BCUT2D eigenvalue weighted by Gasteiger charge is 2.25. The summed E-state index contributed by atoms with van der Waals surface area (Å²) in [5.41, 5.74) is 1.22. The number of aliphatic imine (C=N–C) groups is 1. The largest absolute Gasteiger partial charge is 0.494 e. The van der Waals surface area contributed by atoms with Crippen LogP contribution in [0.2, 0.25) is 0 Å². The maximum absolute atomic E-state index is 12.4. The smallest absolute Gasteiger partial charge is 0.289 e. The fraction of sp³-hybridized carbons (Fsp3) is 0.478. The molecule has 31 heavy (non-hydrogen) atoms. The molecule has 2 aromatic rings. The molecule has 2 heterocycles. The fourth-order valence-electron chi connectivity index (χ4n) is 3.40. The molecule has 1 aromatic heterocycles. The predicted octanol–water partition coefficient (Wildman–Crippen LogP) is 3.65. The molecule has 0 radical (unpaired) electrons. The highest BCUT2D eigenvalue weighted by Crippen LogP contribution is 2.14. The Balaban J connectivity index is 0.00000341. The molecule has 0 saturated carbocycles. The van der Waals surface area contributed by atoms with Gasteiger partial charge in [-0.15, -0.1) is 24.0 Å². The Bertz CT molecular complexity index is 818. The predicted molar refractivity (Wildman–Crippen MR) is 134 cm³/mol. The lowest BCUT2D eigenvalue weighted by atomic mass is 10.1. The third kappa shape index (κ3) is 7.45. The number of guanidine groups is 1. The minimum Gasteiger partial charge on any atom is -0.494 e. The quantitative estimate of drug-likeness (QED) is 0.315. The first kappa shape index (κ1) is 25.0. The van der Waals surface area contributed by atoms with Gasteiger partial charge in [0.25, 0.3) is 5.91 Å². The highest BCUT2D eigenvalue weighted by molar-refractivity contribution is 14.0. The van der Waals surface area contributed by atoms with E-state index in [1.165, 1.54) is 11.8 Å². The SMILES string of the molecule is CCCOc1cccc(CCN=C(NCC)N2CCN(C(=O)c3ccco3)CC2)c1.I. The number of halogens is 1. The van der Waals surface area contributed by atoms with E-state index >= 15 is 0 Å². The average molecular weight is 540 g/mol. The van der Waals surface area contributed by atoms with Crippen molar-refractivity contribution < 1.29 is 13.9 Å². The summed E-state index contributed by atoms with van der Waals surface area (Å²) in [4.78, 5) is 21.3. The van der Waals surface area contributed by atoms with Crippen LogP contribution in [-0.4, -0.2) is 67.5 Å². The van der Waals surface area contributed by atoms with E-state index < -0.39 is 0 Å². The van der Waals surface area contributed by atoms with Crippen molar-refractivity contribution >= 4 is 35.8 Å². The summed E-state index contributed by atoms with van der Waals surface area (Å²) in [6.07, 6.45) is 3.39. The van der Waals surface area contributed by atoms with Crippen molar-refractivity contribution in [3.05, 3.63) is 54.0 Å². The number of rotatable bonds is 8. The number of nitrogens with one attached hydrogen (secondary N) is 1. The van der Waals surface area contributed by atoms with Gasteiger partial charge in [0.2, 0.25) is 0 Å². The molecule has 1 aromatic carbocycles. The van der Waals surface area contributed by atoms with Gasteiger partial charge in [-0.2, -0.15) is 0 Å².